The number of ether oxygens (including phenoxy) is 3. The first-order chi connectivity index (χ1) is 14.1. The quantitative estimate of drug-likeness (QED) is 0.422. The largest absolute Gasteiger partial charge is 0.490 e. The van der Waals surface area contributed by atoms with Crippen molar-refractivity contribution in [2.75, 3.05) is 31.8 Å². The fraction of sp³-hybridized carbons (Fsp3) is 0.364. The number of carbonyl (C=O) groups is 2. The van der Waals surface area contributed by atoms with E-state index in [9.17, 15) is 9.59 Å². The molecule has 0 aliphatic heterocycles. The summed E-state index contributed by atoms with van der Waals surface area (Å²) in [5.41, 5.74) is 1.15. The fourth-order valence-corrected chi connectivity index (χ4v) is 2.89. The molecule has 0 radical (unpaired) electrons. The second-order valence-corrected chi connectivity index (χ2v) is 7.32. The van der Waals surface area contributed by atoms with Crippen LogP contribution in [0, 0.1) is 6.92 Å². The molecule has 2 rings (SSSR count). The SMILES string of the molecule is CSCCC(NC(=O)COc1ccccc1)C(=O)OCCOc1ccc(C)cc1. The Morgan fingerprint density at radius 1 is 0.966 bits per heavy atom. The van der Waals surface area contributed by atoms with E-state index in [1.54, 1.807) is 23.9 Å². The first-order valence-corrected chi connectivity index (χ1v) is 10.8. The number of rotatable bonds is 12. The lowest BCUT2D eigenvalue weighted by molar-refractivity contribution is -0.148. The summed E-state index contributed by atoms with van der Waals surface area (Å²) in [6, 6.07) is 16.0. The molecule has 1 unspecified atom stereocenters. The lowest BCUT2D eigenvalue weighted by Crippen LogP contribution is -2.44. The van der Waals surface area contributed by atoms with Crippen molar-refractivity contribution < 1.29 is 23.8 Å². The maximum atomic E-state index is 12.4. The third-order valence-corrected chi connectivity index (χ3v) is 4.60. The average Bonchev–Trinajstić information content (AvgIpc) is 2.74. The van der Waals surface area contributed by atoms with Gasteiger partial charge in [0.15, 0.2) is 6.61 Å². The van der Waals surface area contributed by atoms with E-state index in [-0.39, 0.29) is 25.7 Å². The molecule has 1 N–H and O–H groups in total. The molecule has 0 bridgehead atoms. The van der Waals surface area contributed by atoms with Crippen LogP contribution >= 0.6 is 11.8 Å². The smallest absolute Gasteiger partial charge is 0.328 e. The van der Waals surface area contributed by atoms with Crippen molar-refractivity contribution in [2.45, 2.75) is 19.4 Å². The third kappa shape index (κ3) is 8.91. The van der Waals surface area contributed by atoms with Gasteiger partial charge in [0.1, 0.15) is 30.8 Å². The number of benzene rings is 2. The zero-order valence-electron chi connectivity index (χ0n) is 16.8. The molecule has 0 heterocycles. The average molecular weight is 418 g/mol. The topological polar surface area (TPSA) is 73.9 Å². The minimum atomic E-state index is -0.714. The zero-order valence-corrected chi connectivity index (χ0v) is 17.6. The lowest BCUT2D eigenvalue weighted by Gasteiger charge is -2.17. The standard InChI is InChI=1S/C22H27NO5S/c1-17-8-10-19(11-9-17)26-13-14-27-22(25)20(12-15-29-2)23-21(24)16-28-18-6-4-3-5-7-18/h3-11,20H,12-16H2,1-2H3,(H,23,24). The highest BCUT2D eigenvalue weighted by atomic mass is 32.2. The molecule has 29 heavy (non-hydrogen) atoms. The maximum absolute atomic E-state index is 12.4. The summed E-state index contributed by atoms with van der Waals surface area (Å²) in [5.74, 6) is 1.20. The first-order valence-electron chi connectivity index (χ1n) is 9.40. The molecule has 6 nitrogen and oxygen atoms in total. The van der Waals surface area contributed by atoms with Gasteiger partial charge in [-0.2, -0.15) is 11.8 Å². The Balaban J connectivity index is 1.75. The van der Waals surface area contributed by atoms with Gasteiger partial charge in [0, 0.05) is 0 Å². The van der Waals surface area contributed by atoms with E-state index in [4.69, 9.17) is 14.2 Å². The molecule has 0 spiro atoms. The van der Waals surface area contributed by atoms with Crippen molar-refractivity contribution in [1.82, 2.24) is 5.32 Å². The number of hydrogen-bond donors (Lipinski definition) is 1. The highest BCUT2D eigenvalue weighted by Gasteiger charge is 2.22. The van der Waals surface area contributed by atoms with E-state index < -0.39 is 12.0 Å². The number of hydrogen-bond acceptors (Lipinski definition) is 6. The van der Waals surface area contributed by atoms with Gasteiger partial charge in [-0.25, -0.2) is 4.79 Å². The molecular formula is C22H27NO5S. The van der Waals surface area contributed by atoms with E-state index in [2.05, 4.69) is 5.32 Å². The molecule has 156 valence electrons. The van der Waals surface area contributed by atoms with Gasteiger partial charge in [0.2, 0.25) is 0 Å². The van der Waals surface area contributed by atoms with E-state index in [1.807, 2.05) is 55.6 Å². The number of carbonyl (C=O) groups excluding carboxylic acids is 2. The van der Waals surface area contributed by atoms with Crippen molar-refractivity contribution in [2.24, 2.45) is 0 Å². The number of esters is 1. The number of para-hydroxylation sites is 1. The van der Waals surface area contributed by atoms with E-state index >= 15 is 0 Å². The molecular weight excluding hydrogens is 390 g/mol. The van der Waals surface area contributed by atoms with Gasteiger partial charge in [-0.1, -0.05) is 35.9 Å². The van der Waals surface area contributed by atoms with Gasteiger partial charge < -0.3 is 19.5 Å². The van der Waals surface area contributed by atoms with Crippen LogP contribution in [0.4, 0.5) is 0 Å². The van der Waals surface area contributed by atoms with Crippen molar-refractivity contribution in [3.05, 3.63) is 60.2 Å². The van der Waals surface area contributed by atoms with Crippen molar-refractivity contribution in [3.63, 3.8) is 0 Å². The van der Waals surface area contributed by atoms with Crippen LogP contribution in [0.15, 0.2) is 54.6 Å². The summed E-state index contributed by atoms with van der Waals surface area (Å²) in [6.45, 7) is 2.19. The summed E-state index contributed by atoms with van der Waals surface area (Å²) in [5, 5.41) is 2.69. The molecule has 2 aromatic carbocycles. The van der Waals surface area contributed by atoms with E-state index in [1.165, 1.54) is 0 Å². The Morgan fingerprint density at radius 2 is 1.66 bits per heavy atom. The Bertz CT molecular complexity index is 752. The van der Waals surface area contributed by atoms with E-state index in [0.29, 0.717) is 12.2 Å². The molecule has 2 aromatic rings. The summed E-state index contributed by atoms with van der Waals surface area (Å²) in [7, 11) is 0. The first kappa shape index (κ1) is 22.6. The summed E-state index contributed by atoms with van der Waals surface area (Å²) in [4.78, 5) is 24.5. The van der Waals surface area contributed by atoms with Crippen molar-refractivity contribution >= 4 is 23.6 Å². The number of thioether (sulfide) groups is 1. The van der Waals surface area contributed by atoms with Crippen molar-refractivity contribution in [1.29, 1.82) is 0 Å². The predicted octanol–water partition coefficient (Wildman–Crippen LogP) is 3.23. The molecule has 1 atom stereocenters. The molecule has 0 saturated carbocycles. The molecule has 0 aliphatic rings. The van der Waals surface area contributed by atoms with Gasteiger partial charge in [0.05, 0.1) is 0 Å². The fourth-order valence-electron chi connectivity index (χ4n) is 2.42. The van der Waals surface area contributed by atoms with Crippen LogP contribution in [0.3, 0.4) is 0 Å². The monoisotopic (exact) mass is 417 g/mol. The van der Waals surface area contributed by atoms with Gasteiger partial charge in [-0.05, 0) is 49.6 Å². The Kier molecular flexibility index (Phi) is 9.92. The van der Waals surface area contributed by atoms with Crippen LogP contribution in [0.1, 0.15) is 12.0 Å². The molecule has 0 aromatic heterocycles. The highest BCUT2D eigenvalue weighted by molar-refractivity contribution is 7.98. The number of amides is 1. The highest BCUT2D eigenvalue weighted by Crippen LogP contribution is 2.11. The second kappa shape index (κ2) is 12.7. The van der Waals surface area contributed by atoms with Gasteiger partial charge in [-0.3, -0.25) is 4.79 Å². The van der Waals surface area contributed by atoms with Gasteiger partial charge in [0.25, 0.3) is 5.91 Å². The van der Waals surface area contributed by atoms with E-state index in [0.717, 1.165) is 17.1 Å². The maximum Gasteiger partial charge on any atom is 0.328 e. The molecule has 1 amide bonds. The van der Waals surface area contributed by atoms with Crippen LogP contribution in [0.2, 0.25) is 0 Å². The summed E-state index contributed by atoms with van der Waals surface area (Å²) >= 11 is 1.60. The van der Waals surface area contributed by atoms with Crippen LogP contribution in [0.25, 0.3) is 0 Å². The summed E-state index contributed by atoms with van der Waals surface area (Å²) in [6.07, 6.45) is 2.42. The van der Waals surface area contributed by atoms with Gasteiger partial charge >= 0.3 is 5.97 Å². The molecule has 0 saturated heterocycles. The zero-order chi connectivity index (χ0) is 20.9. The van der Waals surface area contributed by atoms with Crippen LogP contribution in [0.5, 0.6) is 11.5 Å². The second-order valence-electron chi connectivity index (χ2n) is 6.33. The van der Waals surface area contributed by atoms with Crippen LogP contribution in [-0.4, -0.2) is 49.7 Å². The molecule has 7 heteroatoms. The normalized spacial score (nSPS) is 11.4. The third-order valence-electron chi connectivity index (χ3n) is 3.96. The lowest BCUT2D eigenvalue weighted by atomic mass is 10.2. The van der Waals surface area contributed by atoms with Gasteiger partial charge in [-0.15, -0.1) is 0 Å². The molecule has 0 aliphatic carbocycles. The molecule has 0 fully saturated rings. The summed E-state index contributed by atoms with van der Waals surface area (Å²) < 4.78 is 16.3. The predicted molar refractivity (Wildman–Crippen MR) is 114 cm³/mol. The minimum absolute atomic E-state index is 0.110. The number of nitrogens with one attached hydrogen (secondary N) is 1. The Morgan fingerprint density at radius 3 is 2.34 bits per heavy atom. The minimum Gasteiger partial charge on any atom is -0.490 e. The van der Waals surface area contributed by atoms with Crippen molar-refractivity contribution in [3.8, 4) is 11.5 Å². The van der Waals surface area contributed by atoms with Crippen LogP contribution < -0.4 is 14.8 Å². The van der Waals surface area contributed by atoms with Crippen LogP contribution in [-0.2, 0) is 14.3 Å². The Hall–Kier alpha value is -2.67. The Labute approximate surface area is 175 Å². The number of aryl methyl sites for hydroxylation is 1.